The summed E-state index contributed by atoms with van der Waals surface area (Å²) in [4.78, 5) is 16.4. The summed E-state index contributed by atoms with van der Waals surface area (Å²) < 4.78 is 1.77. The van der Waals surface area contributed by atoms with Gasteiger partial charge in [0.15, 0.2) is 0 Å². The maximum Gasteiger partial charge on any atom is 0.242 e. The molecule has 2 N–H and O–H groups in total. The van der Waals surface area contributed by atoms with Crippen molar-refractivity contribution in [1.82, 2.24) is 19.6 Å². The van der Waals surface area contributed by atoms with E-state index in [1.54, 1.807) is 9.58 Å². The lowest BCUT2D eigenvalue weighted by Gasteiger charge is -2.49. The molecule has 1 aromatic heterocycles. The van der Waals surface area contributed by atoms with Crippen LogP contribution in [-0.2, 0) is 11.8 Å². The highest BCUT2D eigenvalue weighted by Gasteiger charge is 2.45. The number of aromatic nitrogens is 2. The van der Waals surface area contributed by atoms with Gasteiger partial charge in [-0.3, -0.25) is 14.4 Å². The monoisotopic (exact) mass is 279 g/mol. The van der Waals surface area contributed by atoms with Gasteiger partial charge in [0, 0.05) is 45.0 Å². The van der Waals surface area contributed by atoms with Gasteiger partial charge in [-0.2, -0.15) is 5.10 Å². The second-order valence-corrected chi connectivity index (χ2v) is 6.23. The number of aryl methyl sites for hydroxylation is 1. The second kappa shape index (κ2) is 5.18. The predicted octanol–water partition coefficient (Wildman–Crippen LogP) is 0.361. The van der Waals surface area contributed by atoms with Crippen LogP contribution >= 0.6 is 0 Å². The largest absolute Gasteiger partial charge is 0.343 e. The average molecular weight is 279 g/mol. The standard InChI is InChI=1S/C14H25N5O/c1-10(15)12(11-8-16-18(5)9-11)19-7-6-17(4)13(20)14(19,2)3/h8-10,12H,6-7,15H2,1-5H3. The average Bonchev–Trinajstić information content (AvgIpc) is 2.76. The van der Waals surface area contributed by atoms with Crippen LogP contribution in [0.3, 0.4) is 0 Å². The highest BCUT2D eigenvalue weighted by atomic mass is 16.2. The Morgan fingerprint density at radius 1 is 1.35 bits per heavy atom. The van der Waals surface area contributed by atoms with Gasteiger partial charge in [-0.05, 0) is 20.8 Å². The van der Waals surface area contributed by atoms with Crippen molar-refractivity contribution in [1.29, 1.82) is 0 Å². The van der Waals surface area contributed by atoms with Gasteiger partial charge in [-0.15, -0.1) is 0 Å². The molecule has 0 bridgehead atoms. The Kier molecular flexibility index (Phi) is 3.88. The molecule has 6 nitrogen and oxygen atoms in total. The zero-order valence-corrected chi connectivity index (χ0v) is 13.0. The SMILES string of the molecule is CC(N)C(c1cnn(C)c1)N1CCN(C)C(=O)C1(C)C. The topological polar surface area (TPSA) is 67.4 Å². The summed E-state index contributed by atoms with van der Waals surface area (Å²) in [6.45, 7) is 7.46. The summed E-state index contributed by atoms with van der Waals surface area (Å²) in [5.41, 5.74) is 6.71. The number of nitrogens with two attached hydrogens (primary N) is 1. The van der Waals surface area contributed by atoms with Crippen molar-refractivity contribution in [2.45, 2.75) is 38.4 Å². The zero-order chi connectivity index (χ0) is 15.1. The fraction of sp³-hybridized carbons (Fsp3) is 0.714. The molecule has 1 aromatic rings. The van der Waals surface area contributed by atoms with Gasteiger partial charge >= 0.3 is 0 Å². The summed E-state index contributed by atoms with van der Waals surface area (Å²) in [7, 11) is 3.74. The lowest BCUT2D eigenvalue weighted by atomic mass is 9.91. The van der Waals surface area contributed by atoms with Gasteiger partial charge < -0.3 is 10.6 Å². The molecule has 0 spiro atoms. The van der Waals surface area contributed by atoms with Crippen molar-refractivity contribution in [3.63, 3.8) is 0 Å². The molecule has 0 saturated carbocycles. The van der Waals surface area contributed by atoms with Crippen LogP contribution in [0.15, 0.2) is 12.4 Å². The Balaban J connectivity index is 2.37. The Morgan fingerprint density at radius 2 is 2.00 bits per heavy atom. The van der Waals surface area contributed by atoms with E-state index in [1.807, 2.05) is 47.3 Å². The maximum atomic E-state index is 12.4. The van der Waals surface area contributed by atoms with Crippen LogP contribution in [0.1, 0.15) is 32.4 Å². The molecule has 2 rings (SSSR count). The van der Waals surface area contributed by atoms with Crippen LogP contribution in [0.4, 0.5) is 0 Å². The van der Waals surface area contributed by atoms with E-state index in [-0.39, 0.29) is 18.0 Å². The normalized spacial score (nSPS) is 22.9. The Labute approximate surface area is 120 Å². The van der Waals surface area contributed by atoms with E-state index in [4.69, 9.17) is 5.73 Å². The first-order valence-electron chi connectivity index (χ1n) is 7.01. The first-order valence-corrected chi connectivity index (χ1v) is 7.01. The summed E-state index contributed by atoms with van der Waals surface area (Å²) in [6, 6.07) is -0.0777. The molecule has 6 heteroatoms. The number of rotatable bonds is 3. The molecule has 1 aliphatic rings. The van der Waals surface area contributed by atoms with Gasteiger partial charge in [0.25, 0.3) is 0 Å². The van der Waals surface area contributed by atoms with Crippen LogP contribution < -0.4 is 5.73 Å². The third-order valence-corrected chi connectivity index (χ3v) is 4.16. The molecule has 112 valence electrons. The van der Waals surface area contributed by atoms with Gasteiger partial charge in [0.05, 0.1) is 17.8 Å². The predicted molar refractivity (Wildman–Crippen MR) is 78.0 cm³/mol. The first-order chi connectivity index (χ1) is 9.25. The molecular formula is C14H25N5O. The third kappa shape index (κ3) is 2.45. The number of hydrogen-bond donors (Lipinski definition) is 1. The van der Waals surface area contributed by atoms with Crippen LogP contribution in [0.25, 0.3) is 0 Å². The Bertz CT molecular complexity index is 494. The van der Waals surface area contributed by atoms with Crippen LogP contribution in [-0.4, -0.2) is 57.2 Å². The van der Waals surface area contributed by atoms with E-state index in [0.717, 1.165) is 18.7 Å². The minimum Gasteiger partial charge on any atom is -0.343 e. The molecular weight excluding hydrogens is 254 g/mol. The van der Waals surface area contributed by atoms with Crippen LogP contribution in [0.2, 0.25) is 0 Å². The minimum atomic E-state index is -0.554. The van der Waals surface area contributed by atoms with Crippen molar-refractivity contribution in [2.24, 2.45) is 12.8 Å². The lowest BCUT2D eigenvalue weighted by molar-refractivity contribution is -0.150. The summed E-state index contributed by atoms with van der Waals surface area (Å²) >= 11 is 0. The van der Waals surface area contributed by atoms with Crippen molar-refractivity contribution < 1.29 is 4.79 Å². The molecule has 1 amide bonds. The van der Waals surface area contributed by atoms with Crippen molar-refractivity contribution >= 4 is 5.91 Å². The number of piperazine rings is 1. The smallest absolute Gasteiger partial charge is 0.242 e. The number of hydrogen-bond acceptors (Lipinski definition) is 4. The number of carbonyl (C=O) groups excluding carboxylic acids is 1. The van der Waals surface area contributed by atoms with E-state index in [2.05, 4.69) is 10.00 Å². The summed E-state index contributed by atoms with van der Waals surface area (Å²) in [5, 5.41) is 4.24. The van der Waals surface area contributed by atoms with Crippen molar-refractivity contribution in [3.8, 4) is 0 Å². The molecule has 0 aromatic carbocycles. The zero-order valence-electron chi connectivity index (χ0n) is 13.0. The first kappa shape index (κ1) is 15.0. The van der Waals surface area contributed by atoms with Crippen LogP contribution in [0.5, 0.6) is 0 Å². The quantitative estimate of drug-likeness (QED) is 0.867. The number of amides is 1. The second-order valence-electron chi connectivity index (χ2n) is 6.23. The van der Waals surface area contributed by atoms with Gasteiger partial charge in [0.2, 0.25) is 5.91 Å². The third-order valence-electron chi connectivity index (χ3n) is 4.16. The van der Waals surface area contributed by atoms with E-state index in [0.29, 0.717) is 0 Å². The van der Waals surface area contributed by atoms with Crippen molar-refractivity contribution in [3.05, 3.63) is 18.0 Å². The van der Waals surface area contributed by atoms with Crippen molar-refractivity contribution in [2.75, 3.05) is 20.1 Å². The van der Waals surface area contributed by atoms with E-state index < -0.39 is 5.54 Å². The molecule has 2 heterocycles. The van der Waals surface area contributed by atoms with E-state index in [1.165, 1.54) is 0 Å². The minimum absolute atomic E-state index is 0.00338. The summed E-state index contributed by atoms with van der Waals surface area (Å²) in [5.74, 6) is 0.137. The van der Waals surface area contributed by atoms with Gasteiger partial charge in [0.1, 0.15) is 0 Å². The van der Waals surface area contributed by atoms with Gasteiger partial charge in [-0.1, -0.05) is 0 Å². The number of likely N-dealkylation sites (N-methyl/N-ethyl adjacent to an activating group) is 1. The molecule has 0 aliphatic carbocycles. The maximum absolute atomic E-state index is 12.4. The highest BCUT2D eigenvalue weighted by Crippen LogP contribution is 2.33. The Hall–Kier alpha value is -1.40. The molecule has 0 radical (unpaired) electrons. The van der Waals surface area contributed by atoms with Crippen LogP contribution in [0, 0.1) is 0 Å². The number of carbonyl (C=O) groups is 1. The highest BCUT2D eigenvalue weighted by molar-refractivity contribution is 5.86. The molecule has 1 aliphatic heterocycles. The van der Waals surface area contributed by atoms with E-state index >= 15 is 0 Å². The number of nitrogens with zero attached hydrogens (tertiary/aromatic N) is 4. The molecule has 1 saturated heterocycles. The Morgan fingerprint density at radius 3 is 2.50 bits per heavy atom. The fourth-order valence-corrected chi connectivity index (χ4v) is 3.08. The summed E-state index contributed by atoms with van der Waals surface area (Å²) in [6.07, 6.45) is 3.82. The molecule has 2 atom stereocenters. The molecule has 20 heavy (non-hydrogen) atoms. The van der Waals surface area contributed by atoms with E-state index in [9.17, 15) is 4.79 Å². The molecule has 2 unspecified atom stereocenters. The van der Waals surface area contributed by atoms with Gasteiger partial charge in [-0.25, -0.2) is 0 Å². The fourth-order valence-electron chi connectivity index (χ4n) is 3.08. The molecule has 1 fully saturated rings. The lowest BCUT2D eigenvalue weighted by Crippen LogP contribution is -2.64.